The summed E-state index contributed by atoms with van der Waals surface area (Å²) in [5.74, 6) is -0.469. The molecule has 7 heteroatoms. The minimum atomic E-state index is -0.469. The number of aryl methyl sites for hydroxylation is 1. The lowest BCUT2D eigenvalue weighted by Gasteiger charge is -2.29. The number of nitrogens with two attached hydrogens (primary N) is 1. The van der Waals surface area contributed by atoms with Crippen molar-refractivity contribution in [3.05, 3.63) is 28.7 Å². The number of thiocarbonyl (C=S) groups is 1. The maximum atomic E-state index is 11.6. The standard InChI is InChI=1S/C11H15N5OS/c1-5-8(10(12)17)9(15-11(18)14-5)7-4-13-16(3)6(7)2/h4,9H,1-3H3,(H2,12,17)(H2,14,15,18)/t9-/m1/s1. The summed E-state index contributed by atoms with van der Waals surface area (Å²) in [4.78, 5) is 11.6. The Morgan fingerprint density at radius 3 is 2.72 bits per heavy atom. The molecule has 1 amide bonds. The van der Waals surface area contributed by atoms with Crippen LogP contribution in [0.2, 0.25) is 0 Å². The van der Waals surface area contributed by atoms with E-state index < -0.39 is 5.91 Å². The Hall–Kier alpha value is -1.89. The second-order valence-electron chi connectivity index (χ2n) is 4.24. The first kappa shape index (κ1) is 12.6. The molecule has 1 aliphatic heterocycles. The lowest BCUT2D eigenvalue weighted by molar-refractivity contribution is -0.115. The molecule has 0 fully saturated rings. The number of primary amides is 1. The smallest absolute Gasteiger partial charge is 0.248 e. The van der Waals surface area contributed by atoms with Crippen LogP contribution in [0.3, 0.4) is 0 Å². The molecule has 0 saturated heterocycles. The van der Waals surface area contributed by atoms with E-state index in [9.17, 15) is 4.79 Å². The maximum Gasteiger partial charge on any atom is 0.248 e. The molecule has 0 spiro atoms. The van der Waals surface area contributed by atoms with Crippen molar-refractivity contribution >= 4 is 23.2 Å². The Labute approximate surface area is 110 Å². The van der Waals surface area contributed by atoms with Gasteiger partial charge in [-0.3, -0.25) is 9.48 Å². The van der Waals surface area contributed by atoms with Crippen molar-refractivity contribution in [3.63, 3.8) is 0 Å². The molecule has 4 N–H and O–H groups in total. The number of hydrogen-bond donors (Lipinski definition) is 3. The Kier molecular flexibility index (Phi) is 3.08. The summed E-state index contributed by atoms with van der Waals surface area (Å²) >= 11 is 5.11. The highest BCUT2D eigenvalue weighted by Gasteiger charge is 2.30. The fraction of sp³-hybridized carbons (Fsp3) is 0.364. The SMILES string of the molecule is CC1=C(C(N)=O)[C@@H](c2cnn(C)c2C)NC(=S)N1. The van der Waals surface area contributed by atoms with Crippen LogP contribution < -0.4 is 16.4 Å². The number of allylic oxidation sites excluding steroid dienone is 1. The molecule has 0 bridgehead atoms. The minimum Gasteiger partial charge on any atom is -0.366 e. The van der Waals surface area contributed by atoms with Gasteiger partial charge in [-0.15, -0.1) is 0 Å². The van der Waals surface area contributed by atoms with Crippen LogP contribution in [0.25, 0.3) is 0 Å². The molecule has 0 unspecified atom stereocenters. The number of carbonyl (C=O) groups is 1. The maximum absolute atomic E-state index is 11.6. The summed E-state index contributed by atoms with van der Waals surface area (Å²) in [7, 11) is 1.85. The van der Waals surface area contributed by atoms with E-state index in [1.54, 1.807) is 17.8 Å². The second kappa shape index (κ2) is 4.41. The molecule has 1 aliphatic rings. The van der Waals surface area contributed by atoms with E-state index in [4.69, 9.17) is 18.0 Å². The van der Waals surface area contributed by atoms with E-state index in [-0.39, 0.29) is 6.04 Å². The van der Waals surface area contributed by atoms with Crippen molar-refractivity contribution < 1.29 is 4.79 Å². The number of aromatic nitrogens is 2. The number of carbonyl (C=O) groups excluding carboxylic acids is 1. The highest BCUT2D eigenvalue weighted by atomic mass is 32.1. The molecule has 96 valence electrons. The lowest BCUT2D eigenvalue weighted by atomic mass is 9.96. The summed E-state index contributed by atoms with van der Waals surface area (Å²) in [5, 5.41) is 10.6. The highest BCUT2D eigenvalue weighted by Crippen LogP contribution is 2.27. The van der Waals surface area contributed by atoms with Crippen molar-refractivity contribution in [1.82, 2.24) is 20.4 Å². The molecule has 1 aromatic heterocycles. The van der Waals surface area contributed by atoms with Gasteiger partial charge in [0.1, 0.15) is 0 Å². The molecule has 6 nitrogen and oxygen atoms in total. The van der Waals surface area contributed by atoms with Crippen molar-refractivity contribution in [1.29, 1.82) is 0 Å². The predicted octanol–water partition coefficient (Wildman–Crippen LogP) is 0.00662. The Morgan fingerprint density at radius 1 is 1.56 bits per heavy atom. The molecule has 1 atom stereocenters. The number of nitrogens with zero attached hydrogens (tertiary/aromatic N) is 2. The zero-order chi connectivity index (χ0) is 13.4. The number of nitrogens with one attached hydrogen (secondary N) is 2. The van der Waals surface area contributed by atoms with Crippen LogP contribution in [-0.4, -0.2) is 20.8 Å². The first-order valence-corrected chi connectivity index (χ1v) is 5.89. The van der Waals surface area contributed by atoms with E-state index >= 15 is 0 Å². The van der Waals surface area contributed by atoms with E-state index in [2.05, 4.69) is 15.7 Å². The van der Waals surface area contributed by atoms with Gasteiger partial charge in [-0.25, -0.2) is 0 Å². The number of rotatable bonds is 2. The Balaban J connectivity index is 2.54. The monoisotopic (exact) mass is 265 g/mol. The van der Waals surface area contributed by atoms with Gasteiger partial charge in [-0.2, -0.15) is 5.10 Å². The first-order chi connectivity index (χ1) is 8.41. The molecule has 18 heavy (non-hydrogen) atoms. The van der Waals surface area contributed by atoms with Crippen LogP contribution in [0.4, 0.5) is 0 Å². The summed E-state index contributed by atoms with van der Waals surface area (Å²) < 4.78 is 1.75. The van der Waals surface area contributed by atoms with Crippen LogP contribution in [0.15, 0.2) is 17.5 Å². The molecule has 0 radical (unpaired) electrons. The normalized spacial score (nSPS) is 19.5. The summed E-state index contributed by atoms with van der Waals surface area (Å²) in [6.07, 6.45) is 1.72. The van der Waals surface area contributed by atoms with Crippen molar-refractivity contribution in [2.45, 2.75) is 19.9 Å². The van der Waals surface area contributed by atoms with Crippen LogP contribution >= 0.6 is 12.2 Å². The fourth-order valence-electron chi connectivity index (χ4n) is 2.05. The van der Waals surface area contributed by atoms with Gasteiger partial charge in [0.2, 0.25) is 5.91 Å². The van der Waals surface area contributed by atoms with E-state index in [0.717, 1.165) is 11.3 Å². The lowest BCUT2D eigenvalue weighted by Crippen LogP contribution is -2.46. The largest absolute Gasteiger partial charge is 0.366 e. The van der Waals surface area contributed by atoms with Crippen LogP contribution in [0, 0.1) is 6.92 Å². The first-order valence-electron chi connectivity index (χ1n) is 5.48. The third kappa shape index (κ3) is 1.97. The van der Waals surface area contributed by atoms with Gasteiger partial charge in [0.05, 0.1) is 17.8 Å². The molecular formula is C11H15N5OS. The topological polar surface area (TPSA) is 85.0 Å². The molecule has 2 rings (SSSR count). The second-order valence-corrected chi connectivity index (χ2v) is 4.65. The summed E-state index contributed by atoms with van der Waals surface area (Å²) in [5.41, 5.74) is 8.47. The molecule has 0 aliphatic carbocycles. The molecule has 2 heterocycles. The molecule has 0 aromatic carbocycles. The molecule has 0 saturated carbocycles. The van der Waals surface area contributed by atoms with Gasteiger partial charge >= 0.3 is 0 Å². The quantitative estimate of drug-likeness (QED) is 0.656. The predicted molar refractivity (Wildman–Crippen MR) is 71.4 cm³/mol. The van der Waals surface area contributed by atoms with Gasteiger partial charge in [0.15, 0.2) is 5.11 Å². The fourth-order valence-corrected chi connectivity index (χ4v) is 2.32. The van der Waals surface area contributed by atoms with E-state index in [0.29, 0.717) is 16.4 Å². The van der Waals surface area contributed by atoms with Crippen molar-refractivity contribution in [2.75, 3.05) is 0 Å². The number of amides is 1. The third-order valence-corrected chi connectivity index (χ3v) is 3.34. The van der Waals surface area contributed by atoms with Gasteiger partial charge < -0.3 is 16.4 Å². The van der Waals surface area contributed by atoms with Gasteiger partial charge in [0, 0.05) is 24.0 Å². The van der Waals surface area contributed by atoms with Crippen molar-refractivity contribution in [3.8, 4) is 0 Å². The Morgan fingerprint density at radius 2 is 2.22 bits per heavy atom. The molecule has 1 aromatic rings. The summed E-state index contributed by atoms with van der Waals surface area (Å²) in [6, 6.07) is -0.343. The van der Waals surface area contributed by atoms with Crippen LogP contribution in [0.5, 0.6) is 0 Å². The van der Waals surface area contributed by atoms with Crippen molar-refractivity contribution in [2.24, 2.45) is 12.8 Å². The third-order valence-electron chi connectivity index (χ3n) is 3.12. The summed E-state index contributed by atoms with van der Waals surface area (Å²) in [6.45, 7) is 3.72. The highest BCUT2D eigenvalue weighted by molar-refractivity contribution is 7.80. The van der Waals surface area contributed by atoms with Gasteiger partial charge in [-0.1, -0.05) is 0 Å². The zero-order valence-corrected chi connectivity index (χ0v) is 11.3. The average molecular weight is 265 g/mol. The van der Waals surface area contributed by atoms with Crippen LogP contribution in [-0.2, 0) is 11.8 Å². The molecular weight excluding hydrogens is 250 g/mol. The minimum absolute atomic E-state index is 0.343. The zero-order valence-electron chi connectivity index (χ0n) is 10.4. The Bertz CT molecular complexity index is 560. The van der Waals surface area contributed by atoms with Gasteiger partial charge in [-0.05, 0) is 26.1 Å². The van der Waals surface area contributed by atoms with E-state index in [1.807, 2.05) is 14.0 Å². The number of hydrogen-bond acceptors (Lipinski definition) is 3. The van der Waals surface area contributed by atoms with Crippen LogP contribution in [0.1, 0.15) is 24.2 Å². The van der Waals surface area contributed by atoms with Gasteiger partial charge in [0.25, 0.3) is 0 Å². The average Bonchev–Trinajstić information content (AvgIpc) is 2.57. The van der Waals surface area contributed by atoms with E-state index in [1.165, 1.54) is 0 Å².